The smallest absolute Gasteiger partial charge is 0.145 e. The minimum Gasteiger partial charge on any atom is -0.383 e. The number of hydrogen-bond donors (Lipinski definition) is 0. The van der Waals surface area contributed by atoms with Crippen LogP contribution < -0.4 is 0 Å². The van der Waals surface area contributed by atoms with Crippen LogP contribution in [0.25, 0.3) is 0 Å². The van der Waals surface area contributed by atoms with E-state index >= 15 is 0 Å². The van der Waals surface area contributed by atoms with E-state index in [4.69, 9.17) is 4.74 Å². The Morgan fingerprint density at radius 1 is 1.50 bits per heavy atom. The Labute approximate surface area is 72.9 Å². The topological polar surface area (TPSA) is 26.3 Å². The van der Waals surface area contributed by atoms with Gasteiger partial charge in [-0.3, -0.25) is 4.79 Å². The molecular formula is C10H14O2. The standard InChI is InChI=1S/C10H14O2/c1-9(11)10(8-12-2)6-4-3-5-7-10/h4-7H,3,8H2,1-2H3. The molecule has 0 atom stereocenters. The van der Waals surface area contributed by atoms with Crippen LogP contribution in [0, 0.1) is 5.41 Å². The van der Waals surface area contributed by atoms with Crippen molar-refractivity contribution in [3.63, 3.8) is 0 Å². The van der Waals surface area contributed by atoms with E-state index in [1.807, 2.05) is 24.3 Å². The van der Waals surface area contributed by atoms with Gasteiger partial charge in [0.05, 0.1) is 12.0 Å². The number of methoxy groups -OCH3 is 1. The van der Waals surface area contributed by atoms with E-state index in [2.05, 4.69) is 0 Å². The maximum absolute atomic E-state index is 11.3. The van der Waals surface area contributed by atoms with Crippen molar-refractivity contribution in [1.29, 1.82) is 0 Å². The van der Waals surface area contributed by atoms with E-state index in [-0.39, 0.29) is 5.78 Å². The molecule has 0 amide bonds. The van der Waals surface area contributed by atoms with Gasteiger partial charge in [-0.05, 0) is 13.3 Å². The van der Waals surface area contributed by atoms with Gasteiger partial charge < -0.3 is 4.74 Å². The number of carbonyl (C=O) groups excluding carboxylic acids is 1. The van der Waals surface area contributed by atoms with E-state index in [1.165, 1.54) is 0 Å². The monoisotopic (exact) mass is 166 g/mol. The van der Waals surface area contributed by atoms with Crippen LogP contribution in [0.5, 0.6) is 0 Å². The molecular weight excluding hydrogens is 152 g/mol. The van der Waals surface area contributed by atoms with Crippen LogP contribution >= 0.6 is 0 Å². The van der Waals surface area contributed by atoms with Gasteiger partial charge in [-0.2, -0.15) is 0 Å². The molecule has 66 valence electrons. The summed E-state index contributed by atoms with van der Waals surface area (Å²) in [5.74, 6) is 0.136. The minimum atomic E-state index is -0.493. The molecule has 0 spiro atoms. The molecule has 0 saturated heterocycles. The normalized spacial score (nSPS) is 19.5. The summed E-state index contributed by atoms with van der Waals surface area (Å²) in [5.41, 5.74) is -0.493. The highest BCUT2D eigenvalue weighted by Gasteiger charge is 2.30. The van der Waals surface area contributed by atoms with Crippen LogP contribution in [0.4, 0.5) is 0 Å². The lowest BCUT2D eigenvalue weighted by Gasteiger charge is -2.25. The first-order valence-electron chi connectivity index (χ1n) is 4.07. The molecule has 1 aliphatic carbocycles. The zero-order valence-corrected chi connectivity index (χ0v) is 7.54. The number of Topliss-reactive ketones (excluding diaryl/α,β-unsaturated/α-hetero) is 1. The predicted molar refractivity (Wildman–Crippen MR) is 47.9 cm³/mol. The van der Waals surface area contributed by atoms with Crippen molar-refractivity contribution in [2.45, 2.75) is 13.3 Å². The number of ketones is 1. The molecule has 0 N–H and O–H groups in total. The molecule has 0 aromatic rings. The van der Waals surface area contributed by atoms with E-state index < -0.39 is 5.41 Å². The summed E-state index contributed by atoms with van der Waals surface area (Å²) < 4.78 is 5.02. The molecule has 0 bridgehead atoms. The van der Waals surface area contributed by atoms with Gasteiger partial charge >= 0.3 is 0 Å². The lowest BCUT2D eigenvalue weighted by molar-refractivity contribution is -0.124. The fourth-order valence-electron chi connectivity index (χ4n) is 1.36. The Morgan fingerprint density at radius 3 is 2.50 bits per heavy atom. The van der Waals surface area contributed by atoms with E-state index in [1.54, 1.807) is 14.0 Å². The van der Waals surface area contributed by atoms with Gasteiger partial charge in [0.1, 0.15) is 5.78 Å². The predicted octanol–water partition coefficient (Wildman–Crippen LogP) is 1.72. The van der Waals surface area contributed by atoms with Crippen LogP contribution in [-0.4, -0.2) is 19.5 Å². The first kappa shape index (κ1) is 9.20. The average Bonchev–Trinajstić information content (AvgIpc) is 2.06. The Morgan fingerprint density at radius 2 is 2.08 bits per heavy atom. The maximum atomic E-state index is 11.3. The molecule has 1 aliphatic rings. The molecule has 0 heterocycles. The van der Waals surface area contributed by atoms with Crippen LogP contribution in [0.3, 0.4) is 0 Å². The van der Waals surface area contributed by atoms with Crippen LogP contribution in [-0.2, 0) is 9.53 Å². The van der Waals surface area contributed by atoms with Crippen molar-refractivity contribution in [3.8, 4) is 0 Å². The second kappa shape index (κ2) is 3.68. The number of carbonyl (C=O) groups is 1. The van der Waals surface area contributed by atoms with Gasteiger partial charge in [0.25, 0.3) is 0 Å². The summed E-state index contributed by atoms with van der Waals surface area (Å²) in [6.45, 7) is 2.04. The van der Waals surface area contributed by atoms with Crippen LogP contribution in [0.1, 0.15) is 13.3 Å². The molecule has 0 radical (unpaired) electrons. The van der Waals surface area contributed by atoms with E-state index in [0.29, 0.717) is 6.61 Å². The molecule has 1 rings (SSSR count). The Hall–Kier alpha value is -0.890. The highest BCUT2D eigenvalue weighted by Crippen LogP contribution is 2.26. The molecule has 0 unspecified atom stereocenters. The zero-order valence-electron chi connectivity index (χ0n) is 7.54. The highest BCUT2D eigenvalue weighted by atomic mass is 16.5. The summed E-state index contributed by atoms with van der Waals surface area (Å²) in [4.78, 5) is 11.3. The molecule has 2 heteroatoms. The van der Waals surface area contributed by atoms with Crippen molar-refractivity contribution in [2.24, 2.45) is 5.41 Å². The Kier molecular flexibility index (Phi) is 2.82. The van der Waals surface area contributed by atoms with Gasteiger partial charge in [0.2, 0.25) is 0 Å². The van der Waals surface area contributed by atoms with Crippen molar-refractivity contribution in [2.75, 3.05) is 13.7 Å². The molecule has 0 aliphatic heterocycles. The summed E-state index contributed by atoms with van der Waals surface area (Å²) in [6, 6.07) is 0. The Balaban J connectivity index is 2.85. The average molecular weight is 166 g/mol. The summed E-state index contributed by atoms with van der Waals surface area (Å²) in [5, 5.41) is 0. The molecule has 0 saturated carbocycles. The molecule has 2 nitrogen and oxygen atoms in total. The number of rotatable bonds is 3. The fourth-order valence-corrected chi connectivity index (χ4v) is 1.36. The maximum Gasteiger partial charge on any atom is 0.145 e. The second-order valence-corrected chi connectivity index (χ2v) is 3.07. The third kappa shape index (κ3) is 1.64. The summed E-state index contributed by atoms with van der Waals surface area (Å²) >= 11 is 0. The summed E-state index contributed by atoms with van der Waals surface area (Å²) in [6.07, 6.45) is 8.78. The van der Waals surface area contributed by atoms with E-state index in [0.717, 1.165) is 6.42 Å². The van der Waals surface area contributed by atoms with Gasteiger partial charge in [-0.15, -0.1) is 0 Å². The lowest BCUT2D eigenvalue weighted by atomic mass is 9.81. The number of hydrogen-bond acceptors (Lipinski definition) is 2. The molecule has 0 aromatic carbocycles. The third-order valence-corrected chi connectivity index (χ3v) is 2.14. The van der Waals surface area contributed by atoms with Crippen molar-refractivity contribution in [1.82, 2.24) is 0 Å². The lowest BCUT2D eigenvalue weighted by Crippen LogP contribution is -2.30. The second-order valence-electron chi connectivity index (χ2n) is 3.07. The molecule has 0 fully saturated rings. The zero-order chi connectivity index (χ0) is 9.03. The molecule has 0 aromatic heterocycles. The van der Waals surface area contributed by atoms with Crippen molar-refractivity contribution in [3.05, 3.63) is 24.3 Å². The van der Waals surface area contributed by atoms with Crippen molar-refractivity contribution < 1.29 is 9.53 Å². The summed E-state index contributed by atoms with van der Waals surface area (Å²) in [7, 11) is 1.61. The van der Waals surface area contributed by atoms with Crippen LogP contribution in [0.2, 0.25) is 0 Å². The van der Waals surface area contributed by atoms with E-state index in [9.17, 15) is 4.79 Å². The molecule has 12 heavy (non-hydrogen) atoms. The number of ether oxygens (including phenoxy) is 1. The fraction of sp³-hybridized carbons (Fsp3) is 0.500. The Bertz CT molecular complexity index is 214. The van der Waals surface area contributed by atoms with Crippen LogP contribution in [0.15, 0.2) is 24.3 Å². The third-order valence-electron chi connectivity index (χ3n) is 2.14. The largest absolute Gasteiger partial charge is 0.383 e. The number of allylic oxidation sites excluding steroid dienone is 2. The first-order valence-corrected chi connectivity index (χ1v) is 4.07. The quantitative estimate of drug-likeness (QED) is 0.597. The SMILES string of the molecule is COCC1(C(C)=O)C=CCC=C1. The minimum absolute atomic E-state index is 0.136. The van der Waals surface area contributed by atoms with Gasteiger partial charge in [-0.25, -0.2) is 0 Å². The van der Waals surface area contributed by atoms with Gasteiger partial charge in [0.15, 0.2) is 0 Å². The van der Waals surface area contributed by atoms with Gasteiger partial charge in [-0.1, -0.05) is 24.3 Å². The van der Waals surface area contributed by atoms with Gasteiger partial charge in [0, 0.05) is 7.11 Å². The highest BCUT2D eigenvalue weighted by molar-refractivity contribution is 5.87. The first-order chi connectivity index (χ1) is 5.71. The van der Waals surface area contributed by atoms with Crippen molar-refractivity contribution >= 4 is 5.78 Å².